The van der Waals surface area contributed by atoms with Gasteiger partial charge >= 0.3 is 11.1 Å². The van der Waals surface area contributed by atoms with Crippen LogP contribution in [-0.2, 0) is 17.9 Å². The molecule has 0 atom stereocenters. The summed E-state index contributed by atoms with van der Waals surface area (Å²) in [5.41, 5.74) is -0.161. The van der Waals surface area contributed by atoms with Crippen LogP contribution in [0, 0.1) is 0 Å². The number of hydrogen-bond acceptors (Lipinski definition) is 6. The molecule has 0 radical (unpaired) electrons. The summed E-state index contributed by atoms with van der Waals surface area (Å²) in [5.74, 6) is 1.57. The Hall–Kier alpha value is -4.01. The number of aromatic nitrogens is 2. The molecule has 9 nitrogen and oxygen atoms in total. The van der Waals surface area contributed by atoms with E-state index in [-0.39, 0.29) is 19.9 Å². The van der Waals surface area contributed by atoms with Gasteiger partial charge in [0.1, 0.15) is 12.3 Å². The molecule has 0 saturated heterocycles. The largest absolute Gasteiger partial charge is 0.494 e. The molecule has 0 saturated carbocycles. The smallest absolute Gasteiger partial charge is 0.320 e. The summed E-state index contributed by atoms with van der Waals surface area (Å²) in [7, 11) is 0. The standard InChI is InChI=1S/C22H21N3O6/c1-2-29-17-6-4-16(5-7-17)25-10-9-24(21(27)22(25)28)13-20(26)23-12-15-3-8-18-19(11-15)31-14-30-18/h3-11H,2,12-14H2,1H3,(H,23,26). The third kappa shape index (κ3) is 4.45. The molecule has 1 aromatic heterocycles. The Morgan fingerprint density at radius 2 is 1.81 bits per heavy atom. The molecule has 9 heteroatoms. The molecule has 0 fully saturated rings. The molecule has 2 aromatic carbocycles. The SMILES string of the molecule is CCOc1ccc(-n2ccn(CC(=O)NCc3ccc4c(c3)OCO4)c(=O)c2=O)cc1. The molecular formula is C22H21N3O6. The normalized spacial score (nSPS) is 11.9. The summed E-state index contributed by atoms with van der Waals surface area (Å²) in [4.78, 5) is 37.3. The van der Waals surface area contributed by atoms with E-state index in [1.54, 1.807) is 36.4 Å². The van der Waals surface area contributed by atoms with Crippen LogP contribution in [0.2, 0.25) is 0 Å². The van der Waals surface area contributed by atoms with Crippen molar-refractivity contribution in [3.05, 3.63) is 81.1 Å². The van der Waals surface area contributed by atoms with Crippen molar-refractivity contribution in [3.8, 4) is 22.9 Å². The second kappa shape index (κ2) is 8.78. The second-order valence-corrected chi connectivity index (χ2v) is 6.80. The first-order chi connectivity index (χ1) is 15.0. The minimum absolute atomic E-state index is 0.177. The minimum atomic E-state index is -0.783. The zero-order chi connectivity index (χ0) is 21.8. The quantitative estimate of drug-likeness (QED) is 0.577. The second-order valence-electron chi connectivity index (χ2n) is 6.80. The van der Waals surface area contributed by atoms with Gasteiger partial charge in [-0.1, -0.05) is 6.07 Å². The van der Waals surface area contributed by atoms with Crippen LogP contribution in [0.15, 0.2) is 64.4 Å². The number of hydrogen-bond donors (Lipinski definition) is 1. The number of ether oxygens (including phenoxy) is 3. The van der Waals surface area contributed by atoms with Crippen LogP contribution in [0.1, 0.15) is 12.5 Å². The summed E-state index contributed by atoms with van der Waals surface area (Å²) < 4.78 is 18.3. The van der Waals surface area contributed by atoms with Gasteiger partial charge < -0.3 is 19.5 Å². The van der Waals surface area contributed by atoms with Crippen molar-refractivity contribution in [3.63, 3.8) is 0 Å². The van der Waals surface area contributed by atoms with Crippen molar-refractivity contribution in [1.82, 2.24) is 14.5 Å². The number of benzene rings is 2. The molecule has 0 unspecified atom stereocenters. The number of carbonyl (C=O) groups is 1. The van der Waals surface area contributed by atoms with Crippen molar-refractivity contribution < 1.29 is 19.0 Å². The molecule has 3 aromatic rings. The molecule has 4 rings (SSSR count). The highest BCUT2D eigenvalue weighted by atomic mass is 16.7. The Morgan fingerprint density at radius 1 is 1.03 bits per heavy atom. The predicted octanol–water partition coefficient (Wildman–Crippen LogP) is 1.44. The van der Waals surface area contributed by atoms with E-state index >= 15 is 0 Å². The van der Waals surface area contributed by atoms with Gasteiger partial charge in [0.25, 0.3) is 0 Å². The van der Waals surface area contributed by atoms with Gasteiger partial charge in [0.15, 0.2) is 11.5 Å². The summed E-state index contributed by atoms with van der Waals surface area (Å²) in [6, 6.07) is 12.2. The maximum atomic E-state index is 12.5. The van der Waals surface area contributed by atoms with Gasteiger partial charge in [-0.3, -0.25) is 23.5 Å². The number of rotatable bonds is 7. The zero-order valence-electron chi connectivity index (χ0n) is 16.9. The van der Waals surface area contributed by atoms with E-state index in [1.807, 2.05) is 13.0 Å². The van der Waals surface area contributed by atoms with E-state index in [0.717, 1.165) is 10.1 Å². The van der Waals surface area contributed by atoms with Crippen molar-refractivity contribution in [1.29, 1.82) is 0 Å². The van der Waals surface area contributed by atoms with Crippen molar-refractivity contribution in [2.45, 2.75) is 20.0 Å². The lowest BCUT2D eigenvalue weighted by Crippen LogP contribution is -2.42. The van der Waals surface area contributed by atoms with Gasteiger partial charge in [0.05, 0.1) is 6.61 Å². The van der Waals surface area contributed by atoms with E-state index in [2.05, 4.69) is 5.32 Å². The van der Waals surface area contributed by atoms with Gasteiger partial charge in [-0.2, -0.15) is 0 Å². The number of amides is 1. The molecule has 1 amide bonds. The lowest BCUT2D eigenvalue weighted by atomic mass is 10.2. The summed E-state index contributed by atoms with van der Waals surface area (Å²) in [6.45, 7) is 2.59. The van der Waals surface area contributed by atoms with Crippen molar-refractivity contribution >= 4 is 5.91 Å². The number of nitrogens with zero attached hydrogens (tertiary/aromatic N) is 2. The molecule has 0 bridgehead atoms. The molecule has 1 N–H and O–H groups in total. The molecule has 31 heavy (non-hydrogen) atoms. The fraction of sp³-hybridized carbons (Fsp3) is 0.227. The molecule has 0 spiro atoms. The molecule has 2 heterocycles. The van der Waals surface area contributed by atoms with Gasteiger partial charge in [-0.25, -0.2) is 0 Å². The van der Waals surface area contributed by atoms with Crippen molar-refractivity contribution in [2.24, 2.45) is 0 Å². The van der Waals surface area contributed by atoms with E-state index in [1.165, 1.54) is 17.0 Å². The topological polar surface area (TPSA) is 101 Å². The lowest BCUT2D eigenvalue weighted by molar-refractivity contribution is -0.121. The van der Waals surface area contributed by atoms with Crippen LogP contribution in [-0.4, -0.2) is 28.4 Å². The van der Waals surface area contributed by atoms with Gasteiger partial charge in [0, 0.05) is 24.6 Å². The van der Waals surface area contributed by atoms with E-state index < -0.39 is 17.0 Å². The van der Waals surface area contributed by atoms with Crippen LogP contribution >= 0.6 is 0 Å². The minimum Gasteiger partial charge on any atom is -0.494 e. The zero-order valence-corrected chi connectivity index (χ0v) is 16.9. The van der Waals surface area contributed by atoms with Crippen LogP contribution in [0.4, 0.5) is 0 Å². The number of nitrogens with one attached hydrogen (secondary N) is 1. The third-order valence-corrected chi connectivity index (χ3v) is 4.72. The fourth-order valence-corrected chi connectivity index (χ4v) is 3.17. The first kappa shape index (κ1) is 20.3. The van der Waals surface area contributed by atoms with Crippen LogP contribution in [0.5, 0.6) is 17.2 Å². The molecule has 1 aliphatic heterocycles. The lowest BCUT2D eigenvalue weighted by Gasteiger charge is -2.10. The highest BCUT2D eigenvalue weighted by Crippen LogP contribution is 2.32. The first-order valence-electron chi connectivity index (χ1n) is 9.75. The summed E-state index contributed by atoms with van der Waals surface area (Å²) >= 11 is 0. The highest BCUT2D eigenvalue weighted by Gasteiger charge is 2.14. The Kier molecular flexibility index (Phi) is 5.74. The highest BCUT2D eigenvalue weighted by molar-refractivity contribution is 5.75. The van der Waals surface area contributed by atoms with Gasteiger partial charge in [-0.15, -0.1) is 0 Å². The molecule has 1 aliphatic rings. The molecular weight excluding hydrogens is 402 g/mol. The Bertz CT molecular complexity index is 1210. The predicted molar refractivity (Wildman–Crippen MR) is 112 cm³/mol. The number of carbonyl (C=O) groups excluding carboxylic acids is 1. The average Bonchev–Trinajstić information content (AvgIpc) is 3.25. The van der Waals surface area contributed by atoms with Gasteiger partial charge in [0.2, 0.25) is 12.7 Å². The van der Waals surface area contributed by atoms with Crippen LogP contribution in [0.3, 0.4) is 0 Å². The Balaban J connectivity index is 1.42. The summed E-state index contributed by atoms with van der Waals surface area (Å²) in [5, 5.41) is 2.73. The Morgan fingerprint density at radius 3 is 2.58 bits per heavy atom. The molecule has 160 valence electrons. The van der Waals surface area contributed by atoms with Crippen molar-refractivity contribution in [2.75, 3.05) is 13.4 Å². The monoisotopic (exact) mass is 423 g/mol. The van der Waals surface area contributed by atoms with E-state index in [9.17, 15) is 14.4 Å². The third-order valence-electron chi connectivity index (χ3n) is 4.72. The maximum absolute atomic E-state index is 12.5. The molecule has 0 aliphatic carbocycles. The van der Waals surface area contributed by atoms with Gasteiger partial charge in [-0.05, 0) is 48.9 Å². The maximum Gasteiger partial charge on any atom is 0.320 e. The van der Waals surface area contributed by atoms with Crippen LogP contribution < -0.4 is 30.6 Å². The summed E-state index contributed by atoms with van der Waals surface area (Å²) in [6.07, 6.45) is 2.88. The average molecular weight is 423 g/mol. The first-order valence-corrected chi connectivity index (χ1v) is 9.75. The fourth-order valence-electron chi connectivity index (χ4n) is 3.17. The Labute approximate surface area is 177 Å². The van der Waals surface area contributed by atoms with E-state index in [0.29, 0.717) is 29.5 Å². The van der Waals surface area contributed by atoms with Crippen LogP contribution in [0.25, 0.3) is 5.69 Å². The van der Waals surface area contributed by atoms with E-state index in [4.69, 9.17) is 14.2 Å². The number of fused-ring (bicyclic) bond motifs is 1.